The van der Waals surface area contributed by atoms with Gasteiger partial charge in [0.2, 0.25) is 0 Å². The van der Waals surface area contributed by atoms with Crippen molar-refractivity contribution in [2.24, 2.45) is 11.8 Å². The topological polar surface area (TPSA) is 48.5 Å². The molecule has 0 spiro atoms. The minimum atomic E-state index is 0.289. The molecule has 2 aromatic rings. The molecule has 4 bridgehead atoms. The van der Waals surface area contributed by atoms with Crippen LogP contribution in [-0.4, -0.2) is 41.3 Å². The third kappa shape index (κ3) is 1.76. The van der Waals surface area contributed by atoms with Gasteiger partial charge in [0.1, 0.15) is 5.75 Å². The minimum absolute atomic E-state index is 0.289. The second-order valence-electron chi connectivity index (χ2n) is 7.44. The van der Waals surface area contributed by atoms with Crippen LogP contribution in [0.1, 0.15) is 30.6 Å². The van der Waals surface area contributed by atoms with Gasteiger partial charge in [-0.15, -0.1) is 0 Å². The molecule has 0 aliphatic carbocycles. The fraction of sp³-hybridized carbons (Fsp3) is 0.500. The van der Waals surface area contributed by atoms with Crippen LogP contribution in [0.2, 0.25) is 0 Å². The summed E-state index contributed by atoms with van der Waals surface area (Å²) in [6, 6.07) is 7.24. The molecule has 4 nitrogen and oxygen atoms in total. The van der Waals surface area contributed by atoms with E-state index in [1.807, 2.05) is 6.07 Å². The third-order valence-corrected chi connectivity index (χ3v) is 6.63. The average Bonchev–Trinajstić information content (AvgIpc) is 2.99. The van der Waals surface area contributed by atoms with Gasteiger partial charge in [0, 0.05) is 41.7 Å². The van der Waals surface area contributed by atoms with Crippen molar-refractivity contribution in [1.29, 1.82) is 0 Å². The van der Waals surface area contributed by atoms with Gasteiger partial charge in [-0.25, -0.2) is 0 Å². The molecule has 5 atom stereocenters. The standard InChI is InChI=1S/C20H24N2O2/c1-3-11-9-22-18-8-15-14-6-12(24-2)4-5-17(14)21-20(15)19(22)7-13(11)16(18)10-23/h3-6,13,16,18-19,21,23H,7-10H2,1-2H3/t13-,16-,18+,19+/m1/s1. The minimum Gasteiger partial charge on any atom is -0.497 e. The van der Waals surface area contributed by atoms with Crippen molar-refractivity contribution >= 4 is 10.9 Å². The summed E-state index contributed by atoms with van der Waals surface area (Å²) in [5.41, 5.74) is 5.56. The van der Waals surface area contributed by atoms with E-state index >= 15 is 0 Å². The molecule has 1 aromatic carbocycles. The Morgan fingerprint density at radius 1 is 1.42 bits per heavy atom. The zero-order valence-electron chi connectivity index (χ0n) is 14.2. The predicted octanol–water partition coefficient (Wildman–Crippen LogP) is 3.03. The zero-order valence-corrected chi connectivity index (χ0v) is 14.2. The van der Waals surface area contributed by atoms with Crippen LogP contribution in [0.5, 0.6) is 5.75 Å². The summed E-state index contributed by atoms with van der Waals surface area (Å²) < 4.78 is 5.43. The van der Waals surface area contributed by atoms with Gasteiger partial charge in [0.05, 0.1) is 13.2 Å². The van der Waals surface area contributed by atoms with Crippen LogP contribution in [0.25, 0.3) is 10.9 Å². The van der Waals surface area contributed by atoms with Crippen molar-refractivity contribution in [3.05, 3.63) is 41.1 Å². The highest BCUT2D eigenvalue weighted by Crippen LogP contribution is 2.54. The van der Waals surface area contributed by atoms with Gasteiger partial charge in [0.15, 0.2) is 0 Å². The summed E-state index contributed by atoms with van der Waals surface area (Å²) >= 11 is 0. The van der Waals surface area contributed by atoms with Crippen LogP contribution in [0.15, 0.2) is 29.8 Å². The number of aliphatic hydroxyl groups excluding tert-OH is 1. The SMILES string of the molecule is CC=C1CN2[C@H]3C[C@H]1[C@@H](CO)[C@@H]2Cc1c3[nH]c2ccc(OC)cc12. The van der Waals surface area contributed by atoms with E-state index in [0.29, 0.717) is 23.9 Å². The molecule has 126 valence electrons. The Labute approximate surface area is 142 Å². The zero-order chi connectivity index (χ0) is 16.4. The molecule has 0 saturated carbocycles. The first-order chi connectivity index (χ1) is 11.7. The smallest absolute Gasteiger partial charge is 0.119 e. The number of nitrogens with zero attached hydrogens (tertiary/aromatic N) is 1. The summed E-state index contributed by atoms with van der Waals surface area (Å²) in [6.45, 7) is 3.49. The molecular formula is C20H24N2O2. The van der Waals surface area contributed by atoms with Crippen molar-refractivity contribution in [1.82, 2.24) is 9.88 Å². The molecule has 6 rings (SSSR count). The van der Waals surface area contributed by atoms with Gasteiger partial charge in [0.25, 0.3) is 0 Å². The van der Waals surface area contributed by atoms with Crippen LogP contribution in [0.3, 0.4) is 0 Å². The molecule has 0 amide bonds. The lowest BCUT2D eigenvalue weighted by molar-refractivity contribution is -0.0503. The molecule has 1 unspecified atom stereocenters. The highest BCUT2D eigenvalue weighted by atomic mass is 16.5. The first kappa shape index (κ1) is 14.6. The Hall–Kier alpha value is -1.78. The number of piperidine rings is 3. The highest BCUT2D eigenvalue weighted by Gasteiger charge is 2.52. The monoisotopic (exact) mass is 324 g/mol. The lowest BCUT2D eigenvalue weighted by atomic mass is 9.64. The number of hydrogen-bond acceptors (Lipinski definition) is 3. The number of allylic oxidation sites excluding steroid dienone is 1. The summed E-state index contributed by atoms with van der Waals surface area (Å²) in [6.07, 6.45) is 4.42. The maximum absolute atomic E-state index is 10.1. The Kier molecular flexibility index (Phi) is 3.10. The highest BCUT2D eigenvalue weighted by molar-refractivity contribution is 5.86. The first-order valence-electron chi connectivity index (χ1n) is 8.95. The normalized spacial score (nSPS) is 35.5. The average molecular weight is 324 g/mol. The molecule has 4 aliphatic rings. The summed E-state index contributed by atoms with van der Waals surface area (Å²) in [5.74, 6) is 1.82. The van der Waals surface area contributed by atoms with Crippen LogP contribution in [0, 0.1) is 11.8 Å². The van der Waals surface area contributed by atoms with E-state index in [2.05, 4.69) is 35.0 Å². The Balaban J connectivity index is 1.66. The van der Waals surface area contributed by atoms with Crippen molar-refractivity contribution in [2.75, 3.05) is 20.3 Å². The van der Waals surface area contributed by atoms with Crippen molar-refractivity contribution in [3.8, 4) is 5.75 Å². The second-order valence-corrected chi connectivity index (χ2v) is 7.44. The summed E-state index contributed by atoms with van der Waals surface area (Å²) in [4.78, 5) is 6.32. The molecule has 24 heavy (non-hydrogen) atoms. The summed E-state index contributed by atoms with van der Waals surface area (Å²) in [5, 5.41) is 11.3. The number of ether oxygens (including phenoxy) is 1. The number of fused-ring (bicyclic) bond motifs is 4. The van der Waals surface area contributed by atoms with Gasteiger partial charge in [-0.3, -0.25) is 4.90 Å². The lowest BCUT2D eigenvalue weighted by Gasteiger charge is -2.58. The molecule has 5 heterocycles. The van der Waals surface area contributed by atoms with E-state index in [9.17, 15) is 5.11 Å². The van der Waals surface area contributed by atoms with Gasteiger partial charge < -0.3 is 14.8 Å². The molecule has 3 fully saturated rings. The lowest BCUT2D eigenvalue weighted by Crippen LogP contribution is -2.60. The van der Waals surface area contributed by atoms with E-state index in [-0.39, 0.29) is 6.61 Å². The number of H-pyrrole nitrogens is 1. The van der Waals surface area contributed by atoms with Crippen LogP contribution >= 0.6 is 0 Å². The second kappa shape index (κ2) is 5.11. The van der Waals surface area contributed by atoms with Crippen LogP contribution < -0.4 is 4.74 Å². The predicted molar refractivity (Wildman–Crippen MR) is 94.2 cm³/mol. The van der Waals surface area contributed by atoms with Gasteiger partial charge in [-0.1, -0.05) is 11.6 Å². The largest absolute Gasteiger partial charge is 0.497 e. The molecule has 4 heteroatoms. The van der Waals surface area contributed by atoms with Crippen molar-refractivity contribution in [3.63, 3.8) is 0 Å². The molecule has 1 aromatic heterocycles. The van der Waals surface area contributed by atoms with Crippen molar-refractivity contribution < 1.29 is 9.84 Å². The van der Waals surface area contributed by atoms with Crippen molar-refractivity contribution in [2.45, 2.75) is 31.8 Å². The number of aromatic amines is 1. The number of nitrogens with one attached hydrogen (secondary N) is 1. The fourth-order valence-corrected chi connectivity index (χ4v) is 5.47. The van der Waals surface area contributed by atoms with Gasteiger partial charge >= 0.3 is 0 Å². The quantitative estimate of drug-likeness (QED) is 0.835. The molecule has 3 saturated heterocycles. The van der Waals surface area contributed by atoms with E-state index in [1.165, 1.54) is 27.7 Å². The van der Waals surface area contributed by atoms with Gasteiger partial charge in [-0.05, 0) is 49.4 Å². The van der Waals surface area contributed by atoms with E-state index in [0.717, 1.165) is 25.1 Å². The first-order valence-corrected chi connectivity index (χ1v) is 8.95. The molecular weight excluding hydrogens is 300 g/mol. The Bertz CT molecular complexity index is 838. The maximum atomic E-state index is 10.1. The Morgan fingerprint density at radius 3 is 3.04 bits per heavy atom. The van der Waals surface area contributed by atoms with E-state index in [1.54, 1.807) is 7.11 Å². The van der Waals surface area contributed by atoms with Crippen LogP contribution in [-0.2, 0) is 6.42 Å². The van der Waals surface area contributed by atoms with Gasteiger partial charge in [-0.2, -0.15) is 0 Å². The van der Waals surface area contributed by atoms with E-state index in [4.69, 9.17) is 4.74 Å². The molecule has 0 radical (unpaired) electrons. The van der Waals surface area contributed by atoms with E-state index < -0.39 is 0 Å². The third-order valence-electron chi connectivity index (χ3n) is 6.63. The number of hydrogen-bond donors (Lipinski definition) is 2. The number of aromatic nitrogens is 1. The van der Waals surface area contributed by atoms with Crippen LogP contribution in [0.4, 0.5) is 0 Å². The maximum Gasteiger partial charge on any atom is 0.119 e. The summed E-state index contributed by atoms with van der Waals surface area (Å²) in [7, 11) is 1.72. The number of methoxy groups -OCH3 is 1. The molecule has 4 aliphatic heterocycles. The number of benzene rings is 1. The molecule has 2 N–H and O–H groups in total. The Morgan fingerprint density at radius 2 is 2.29 bits per heavy atom. The fourth-order valence-electron chi connectivity index (χ4n) is 5.47. The number of aliphatic hydroxyl groups is 1. The number of rotatable bonds is 2.